The molecule has 0 unspecified atom stereocenters. The molecule has 1 fully saturated rings. The highest BCUT2D eigenvalue weighted by molar-refractivity contribution is 7.09. The molecule has 152 valence electrons. The van der Waals surface area contributed by atoms with E-state index in [4.69, 9.17) is 16.3 Å². The van der Waals surface area contributed by atoms with Gasteiger partial charge in [0.25, 0.3) is 0 Å². The first-order valence-corrected chi connectivity index (χ1v) is 11.3. The number of thiazole rings is 1. The summed E-state index contributed by atoms with van der Waals surface area (Å²) in [5.74, 6) is 0.804. The molecule has 0 spiro atoms. The predicted octanol–water partition coefficient (Wildman–Crippen LogP) is 5.26. The van der Waals surface area contributed by atoms with Crippen LogP contribution in [0.1, 0.15) is 34.7 Å². The summed E-state index contributed by atoms with van der Waals surface area (Å²) in [5, 5.41) is 7.29. The van der Waals surface area contributed by atoms with E-state index in [1.807, 2.05) is 24.3 Å². The molecule has 0 atom stereocenters. The van der Waals surface area contributed by atoms with Crippen LogP contribution in [0.4, 0.5) is 0 Å². The Hall–Kier alpha value is -1.92. The van der Waals surface area contributed by atoms with Crippen LogP contribution in [0.25, 0.3) is 0 Å². The molecule has 3 aromatic rings. The molecule has 0 bridgehead atoms. The lowest BCUT2D eigenvalue weighted by molar-refractivity contribution is 0.305. The fourth-order valence-corrected chi connectivity index (χ4v) is 4.38. The Morgan fingerprint density at radius 1 is 1.03 bits per heavy atom. The maximum atomic E-state index is 5.90. The summed E-state index contributed by atoms with van der Waals surface area (Å²) in [4.78, 5) is 7.20. The topological polar surface area (TPSA) is 37.4 Å². The zero-order valence-corrected chi connectivity index (χ0v) is 18.0. The first-order valence-electron chi connectivity index (χ1n) is 10.1. The third kappa shape index (κ3) is 6.28. The minimum absolute atomic E-state index is 0.477. The zero-order chi connectivity index (χ0) is 19.9. The highest BCUT2D eigenvalue weighted by atomic mass is 35.5. The van der Waals surface area contributed by atoms with Crippen molar-refractivity contribution in [1.29, 1.82) is 0 Å². The molecular weight excluding hydrogens is 402 g/mol. The molecule has 1 aromatic heterocycles. The van der Waals surface area contributed by atoms with Crippen molar-refractivity contribution in [3.8, 4) is 5.75 Å². The van der Waals surface area contributed by atoms with Gasteiger partial charge in [0, 0.05) is 30.0 Å². The van der Waals surface area contributed by atoms with Gasteiger partial charge in [-0.25, -0.2) is 4.98 Å². The summed E-state index contributed by atoms with van der Waals surface area (Å²) in [6.07, 6.45) is 2.67. The molecule has 1 N–H and O–H groups in total. The number of nitrogens with zero attached hydrogens (tertiary/aromatic N) is 2. The summed E-state index contributed by atoms with van der Waals surface area (Å²) >= 11 is 7.53. The van der Waals surface area contributed by atoms with Gasteiger partial charge in [0.2, 0.25) is 0 Å². The third-order valence-corrected chi connectivity index (χ3v) is 6.13. The molecule has 0 amide bonds. The van der Waals surface area contributed by atoms with Crippen molar-refractivity contribution in [2.75, 3.05) is 13.1 Å². The second-order valence-corrected chi connectivity index (χ2v) is 8.76. The number of hydrogen-bond acceptors (Lipinski definition) is 5. The monoisotopic (exact) mass is 427 g/mol. The van der Waals surface area contributed by atoms with Gasteiger partial charge in [-0.2, -0.15) is 0 Å². The number of likely N-dealkylation sites (tertiary alicyclic amines) is 1. The van der Waals surface area contributed by atoms with E-state index in [0.29, 0.717) is 11.6 Å². The molecule has 0 radical (unpaired) electrons. The summed E-state index contributed by atoms with van der Waals surface area (Å²) in [6, 6.07) is 16.3. The summed E-state index contributed by atoms with van der Waals surface area (Å²) in [6.45, 7) is 5.62. The fraction of sp³-hybridized carbons (Fsp3) is 0.348. The largest absolute Gasteiger partial charge is 0.486 e. The van der Waals surface area contributed by atoms with E-state index >= 15 is 0 Å². The molecular formula is C23H26ClN3OS. The Bertz CT molecular complexity index is 906. The lowest BCUT2D eigenvalue weighted by Gasteiger charge is -2.15. The highest BCUT2D eigenvalue weighted by Gasteiger charge is 2.11. The maximum absolute atomic E-state index is 5.90. The van der Waals surface area contributed by atoms with Gasteiger partial charge in [0.15, 0.2) is 0 Å². The molecule has 6 heteroatoms. The lowest BCUT2D eigenvalue weighted by atomic mass is 10.1. The Morgan fingerprint density at radius 3 is 2.66 bits per heavy atom. The summed E-state index contributed by atoms with van der Waals surface area (Å²) in [7, 11) is 0. The van der Waals surface area contributed by atoms with Crippen LogP contribution in [-0.2, 0) is 26.2 Å². The molecule has 1 saturated heterocycles. The Labute approximate surface area is 181 Å². The number of halogens is 1. The van der Waals surface area contributed by atoms with Crippen LogP contribution < -0.4 is 10.1 Å². The molecule has 2 heterocycles. The van der Waals surface area contributed by atoms with Gasteiger partial charge in [0.1, 0.15) is 17.4 Å². The van der Waals surface area contributed by atoms with Crippen LogP contribution in [0.5, 0.6) is 5.75 Å². The smallest absolute Gasteiger partial charge is 0.140 e. The number of rotatable bonds is 9. The van der Waals surface area contributed by atoms with Crippen LogP contribution in [0.15, 0.2) is 53.9 Å². The first-order chi connectivity index (χ1) is 14.2. The molecule has 2 aromatic carbocycles. The van der Waals surface area contributed by atoms with Crippen LogP contribution in [0.2, 0.25) is 5.02 Å². The van der Waals surface area contributed by atoms with Crippen molar-refractivity contribution in [2.24, 2.45) is 0 Å². The average molecular weight is 428 g/mol. The molecule has 0 aliphatic carbocycles. The van der Waals surface area contributed by atoms with Crippen LogP contribution in [-0.4, -0.2) is 23.0 Å². The lowest BCUT2D eigenvalue weighted by Crippen LogP contribution is -2.18. The number of benzene rings is 2. The van der Waals surface area contributed by atoms with Crippen molar-refractivity contribution in [3.63, 3.8) is 0 Å². The van der Waals surface area contributed by atoms with Gasteiger partial charge in [-0.15, -0.1) is 11.3 Å². The van der Waals surface area contributed by atoms with Gasteiger partial charge in [-0.1, -0.05) is 35.9 Å². The van der Waals surface area contributed by atoms with E-state index in [1.165, 1.54) is 37.1 Å². The van der Waals surface area contributed by atoms with Gasteiger partial charge < -0.3 is 10.1 Å². The van der Waals surface area contributed by atoms with Gasteiger partial charge in [-0.05, 0) is 61.3 Å². The predicted molar refractivity (Wildman–Crippen MR) is 119 cm³/mol. The third-order valence-electron chi connectivity index (χ3n) is 5.01. The fourth-order valence-electron chi connectivity index (χ4n) is 3.54. The molecule has 1 aliphatic heterocycles. The first kappa shape index (κ1) is 20.4. The molecule has 29 heavy (non-hydrogen) atoms. The standard InChI is InChI=1S/C23H26ClN3OS/c24-20-6-8-22(9-7-20)28-16-23-26-21(17-29-23)14-25-13-18-4-3-5-19(12-18)15-27-10-1-2-11-27/h3-9,12,17,25H,1-2,10-11,13-16H2. The molecule has 1 aliphatic rings. The van der Waals surface area contributed by atoms with E-state index in [9.17, 15) is 0 Å². The van der Waals surface area contributed by atoms with Crippen molar-refractivity contribution in [3.05, 3.63) is 80.8 Å². The number of ether oxygens (including phenoxy) is 1. The van der Waals surface area contributed by atoms with Crippen molar-refractivity contribution in [2.45, 2.75) is 39.1 Å². The normalized spacial score (nSPS) is 14.4. The molecule has 0 saturated carbocycles. The van der Waals surface area contributed by atoms with Crippen LogP contribution in [0.3, 0.4) is 0 Å². The molecule has 4 rings (SSSR count). The van der Waals surface area contributed by atoms with Crippen LogP contribution >= 0.6 is 22.9 Å². The van der Waals surface area contributed by atoms with E-state index in [2.05, 4.69) is 44.8 Å². The quantitative estimate of drug-likeness (QED) is 0.505. The summed E-state index contributed by atoms with van der Waals surface area (Å²) in [5.41, 5.74) is 3.78. The Balaban J connectivity index is 1.22. The van der Waals surface area contributed by atoms with Crippen molar-refractivity contribution < 1.29 is 4.74 Å². The Morgan fingerprint density at radius 2 is 1.83 bits per heavy atom. The highest BCUT2D eigenvalue weighted by Crippen LogP contribution is 2.18. The van der Waals surface area contributed by atoms with Gasteiger partial charge >= 0.3 is 0 Å². The second kappa shape index (κ2) is 10.2. The number of hydrogen-bond donors (Lipinski definition) is 1. The van der Waals surface area contributed by atoms with Gasteiger partial charge in [0.05, 0.1) is 5.69 Å². The Kier molecular flexibility index (Phi) is 7.17. The van der Waals surface area contributed by atoms with Crippen LogP contribution in [0, 0.1) is 0 Å². The zero-order valence-electron chi connectivity index (χ0n) is 16.4. The van der Waals surface area contributed by atoms with Gasteiger partial charge in [-0.3, -0.25) is 4.90 Å². The second-order valence-electron chi connectivity index (χ2n) is 7.38. The number of aromatic nitrogens is 1. The van der Waals surface area contributed by atoms with E-state index in [1.54, 1.807) is 11.3 Å². The van der Waals surface area contributed by atoms with E-state index < -0.39 is 0 Å². The number of nitrogens with one attached hydrogen (secondary N) is 1. The maximum Gasteiger partial charge on any atom is 0.140 e. The SMILES string of the molecule is Clc1ccc(OCc2nc(CNCc3cccc(CN4CCCC4)c3)cs2)cc1. The van der Waals surface area contributed by atoms with E-state index in [-0.39, 0.29) is 0 Å². The molecule has 4 nitrogen and oxygen atoms in total. The van der Waals surface area contributed by atoms with Crippen molar-refractivity contribution in [1.82, 2.24) is 15.2 Å². The summed E-state index contributed by atoms with van der Waals surface area (Å²) < 4.78 is 5.77. The van der Waals surface area contributed by atoms with Crippen molar-refractivity contribution >= 4 is 22.9 Å². The van der Waals surface area contributed by atoms with E-state index in [0.717, 1.165) is 36.1 Å². The average Bonchev–Trinajstić information content (AvgIpc) is 3.40. The minimum atomic E-state index is 0.477. The minimum Gasteiger partial charge on any atom is -0.486 e.